The number of aromatic amines is 2. The van der Waals surface area contributed by atoms with E-state index in [1.54, 1.807) is 24.7 Å². The van der Waals surface area contributed by atoms with Gasteiger partial charge in [-0.05, 0) is 31.7 Å². The van der Waals surface area contributed by atoms with Crippen LogP contribution in [0.15, 0.2) is 24.7 Å². The van der Waals surface area contributed by atoms with Gasteiger partial charge in [-0.2, -0.15) is 5.10 Å². The molecule has 2 heterocycles. The summed E-state index contributed by atoms with van der Waals surface area (Å²) in [5.41, 5.74) is 0.773. The van der Waals surface area contributed by atoms with Crippen molar-refractivity contribution >= 4 is 11.8 Å². The van der Waals surface area contributed by atoms with Crippen LogP contribution in [0.1, 0.15) is 44.1 Å². The maximum Gasteiger partial charge on any atom is 0.226 e. The number of carbonyl (C=O) groups excluding carboxylic acids is 2. The minimum Gasteiger partial charge on any atom is -0.376 e. The van der Waals surface area contributed by atoms with Crippen molar-refractivity contribution in [3.05, 3.63) is 36.2 Å². The second kappa shape index (κ2) is 10.0. The average Bonchev–Trinajstić information content (AvgIpc) is 3.39. The van der Waals surface area contributed by atoms with Crippen LogP contribution in [-0.4, -0.2) is 50.7 Å². The topological polar surface area (TPSA) is 125 Å². The zero-order valence-electron chi connectivity index (χ0n) is 16.1. The molecule has 2 aromatic heterocycles. The van der Waals surface area contributed by atoms with Crippen LogP contribution in [0.4, 0.5) is 0 Å². The Bertz CT molecular complexity index is 731. The summed E-state index contributed by atoms with van der Waals surface area (Å²) in [6, 6.07) is 1.70. The summed E-state index contributed by atoms with van der Waals surface area (Å²) in [5, 5.41) is 12.7. The van der Waals surface area contributed by atoms with Gasteiger partial charge in [0.2, 0.25) is 11.8 Å². The van der Waals surface area contributed by atoms with Crippen LogP contribution in [0.3, 0.4) is 0 Å². The summed E-state index contributed by atoms with van der Waals surface area (Å²) in [5.74, 6) is 0.535. The van der Waals surface area contributed by atoms with Crippen molar-refractivity contribution in [2.24, 2.45) is 5.92 Å². The number of carbonyl (C=O) groups is 2. The third-order valence-corrected chi connectivity index (χ3v) is 4.94. The highest BCUT2D eigenvalue weighted by Crippen LogP contribution is 2.27. The van der Waals surface area contributed by atoms with Gasteiger partial charge in [-0.25, -0.2) is 4.98 Å². The van der Waals surface area contributed by atoms with Gasteiger partial charge in [-0.15, -0.1) is 0 Å². The molecule has 0 spiro atoms. The lowest BCUT2D eigenvalue weighted by Crippen LogP contribution is -2.50. The van der Waals surface area contributed by atoms with E-state index in [1.165, 1.54) is 0 Å². The van der Waals surface area contributed by atoms with E-state index in [9.17, 15) is 9.59 Å². The van der Waals surface area contributed by atoms with Crippen molar-refractivity contribution in [3.8, 4) is 0 Å². The van der Waals surface area contributed by atoms with E-state index in [4.69, 9.17) is 4.74 Å². The lowest BCUT2D eigenvalue weighted by atomic mass is 9.83. The molecule has 1 fully saturated rings. The van der Waals surface area contributed by atoms with Gasteiger partial charge in [0.15, 0.2) is 0 Å². The molecule has 3 atom stereocenters. The third-order valence-electron chi connectivity index (χ3n) is 4.94. The van der Waals surface area contributed by atoms with Crippen LogP contribution in [0.2, 0.25) is 0 Å². The van der Waals surface area contributed by atoms with Crippen molar-refractivity contribution in [1.82, 2.24) is 30.8 Å². The molecule has 0 aliphatic heterocycles. The predicted octanol–water partition coefficient (Wildman–Crippen LogP) is 1.07. The van der Waals surface area contributed by atoms with Gasteiger partial charge < -0.3 is 20.4 Å². The summed E-state index contributed by atoms with van der Waals surface area (Å²) in [6.45, 7) is 3.04. The Morgan fingerprint density at radius 2 is 2.21 bits per heavy atom. The Morgan fingerprint density at radius 3 is 2.93 bits per heavy atom. The number of nitrogens with zero attached hydrogens (tertiary/aromatic N) is 2. The van der Waals surface area contributed by atoms with Crippen molar-refractivity contribution in [3.63, 3.8) is 0 Å². The minimum atomic E-state index is -0.168. The van der Waals surface area contributed by atoms with E-state index >= 15 is 0 Å². The second-order valence-corrected chi connectivity index (χ2v) is 7.11. The van der Waals surface area contributed by atoms with Gasteiger partial charge in [0.05, 0.1) is 25.1 Å². The average molecular weight is 388 g/mol. The Hall–Kier alpha value is -2.68. The number of hydrogen-bond acceptors (Lipinski definition) is 5. The molecule has 9 heteroatoms. The molecule has 0 unspecified atom stereocenters. The first-order valence-corrected chi connectivity index (χ1v) is 9.81. The molecular weight excluding hydrogens is 360 g/mol. The molecule has 1 aliphatic rings. The number of hydrogen-bond donors (Lipinski definition) is 4. The highest BCUT2D eigenvalue weighted by molar-refractivity contribution is 5.79. The first kappa shape index (κ1) is 20.1. The summed E-state index contributed by atoms with van der Waals surface area (Å²) in [6.07, 6.45) is 8.01. The highest BCUT2D eigenvalue weighted by atomic mass is 16.5. The van der Waals surface area contributed by atoms with E-state index in [0.717, 1.165) is 17.9 Å². The fourth-order valence-corrected chi connectivity index (χ4v) is 3.51. The van der Waals surface area contributed by atoms with Gasteiger partial charge >= 0.3 is 0 Å². The van der Waals surface area contributed by atoms with E-state index in [-0.39, 0.29) is 36.3 Å². The number of H-pyrrole nitrogens is 2. The van der Waals surface area contributed by atoms with Gasteiger partial charge in [-0.3, -0.25) is 14.7 Å². The van der Waals surface area contributed by atoms with Crippen LogP contribution in [0.5, 0.6) is 0 Å². The molecule has 0 radical (unpaired) electrons. The first-order valence-electron chi connectivity index (χ1n) is 9.81. The quantitative estimate of drug-likeness (QED) is 0.511. The Labute approximate surface area is 164 Å². The number of imidazole rings is 1. The van der Waals surface area contributed by atoms with Crippen LogP contribution < -0.4 is 10.6 Å². The van der Waals surface area contributed by atoms with Gasteiger partial charge in [0, 0.05) is 36.8 Å². The largest absolute Gasteiger partial charge is 0.376 e. The molecule has 2 amide bonds. The Kier molecular flexibility index (Phi) is 7.18. The molecule has 0 bridgehead atoms. The van der Waals surface area contributed by atoms with Crippen LogP contribution in [0.25, 0.3) is 0 Å². The second-order valence-electron chi connectivity index (χ2n) is 7.11. The number of nitrogens with one attached hydrogen (secondary N) is 4. The van der Waals surface area contributed by atoms with Crippen LogP contribution in [-0.2, 0) is 27.3 Å². The molecule has 1 aliphatic carbocycles. The maximum atomic E-state index is 12.5. The van der Waals surface area contributed by atoms with E-state index in [1.807, 2.05) is 6.92 Å². The molecule has 9 nitrogen and oxygen atoms in total. The van der Waals surface area contributed by atoms with Crippen LogP contribution >= 0.6 is 0 Å². The summed E-state index contributed by atoms with van der Waals surface area (Å²) in [7, 11) is 0. The molecular formula is C19H28N6O3. The van der Waals surface area contributed by atoms with Crippen molar-refractivity contribution < 1.29 is 14.3 Å². The van der Waals surface area contributed by atoms with Crippen molar-refractivity contribution in [1.29, 1.82) is 0 Å². The molecule has 1 saturated carbocycles. The van der Waals surface area contributed by atoms with E-state index < -0.39 is 0 Å². The molecule has 4 N–H and O–H groups in total. The standard InChI is InChI=1S/C19H28N6O3/c1-2-9-28-16-10-13(19(27)22-12-17-20-7-8-21-17)3-4-15(16)24-18(26)11-14-5-6-23-25-14/h5-8,13,15-16H,2-4,9-12H2,1H3,(H,20,21)(H,22,27)(H,23,25)(H,24,26)/t13-,15+,16+/m0/s1. The fraction of sp³-hybridized carbons (Fsp3) is 0.579. The normalized spacial score (nSPS) is 22.0. The summed E-state index contributed by atoms with van der Waals surface area (Å²) in [4.78, 5) is 32.0. The number of ether oxygens (including phenoxy) is 1. The van der Waals surface area contributed by atoms with E-state index in [0.29, 0.717) is 32.4 Å². The Balaban J connectivity index is 1.52. The molecule has 2 aromatic rings. The maximum absolute atomic E-state index is 12.5. The lowest BCUT2D eigenvalue weighted by Gasteiger charge is -2.36. The Morgan fingerprint density at radius 1 is 1.32 bits per heavy atom. The fourth-order valence-electron chi connectivity index (χ4n) is 3.51. The number of rotatable bonds is 9. The van der Waals surface area contributed by atoms with Gasteiger partial charge in [0.25, 0.3) is 0 Å². The van der Waals surface area contributed by atoms with Crippen LogP contribution in [0, 0.1) is 5.92 Å². The summed E-state index contributed by atoms with van der Waals surface area (Å²) < 4.78 is 5.98. The number of aromatic nitrogens is 4. The van der Waals surface area contributed by atoms with E-state index in [2.05, 4.69) is 30.8 Å². The van der Waals surface area contributed by atoms with Gasteiger partial charge in [0.1, 0.15) is 5.82 Å². The molecule has 0 saturated heterocycles. The molecule has 28 heavy (non-hydrogen) atoms. The van der Waals surface area contributed by atoms with Crippen molar-refractivity contribution in [2.75, 3.05) is 6.61 Å². The summed E-state index contributed by atoms with van der Waals surface area (Å²) >= 11 is 0. The molecule has 152 valence electrons. The smallest absolute Gasteiger partial charge is 0.226 e. The monoisotopic (exact) mass is 388 g/mol. The molecule has 3 rings (SSSR count). The first-order chi connectivity index (χ1) is 13.7. The SMILES string of the molecule is CCCO[C@@H]1C[C@@H](C(=O)NCc2ncc[nH]2)CC[C@H]1NC(=O)Cc1ccn[nH]1. The zero-order chi connectivity index (χ0) is 19.8. The number of amides is 2. The van der Waals surface area contributed by atoms with Gasteiger partial charge in [-0.1, -0.05) is 6.92 Å². The van der Waals surface area contributed by atoms with Crippen molar-refractivity contribution in [2.45, 2.75) is 57.7 Å². The predicted molar refractivity (Wildman–Crippen MR) is 102 cm³/mol. The third kappa shape index (κ3) is 5.66. The zero-order valence-corrected chi connectivity index (χ0v) is 16.1. The minimum absolute atomic E-state index is 0.00346. The highest BCUT2D eigenvalue weighted by Gasteiger charge is 2.35. The lowest BCUT2D eigenvalue weighted by molar-refractivity contribution is -0.129. The molecule has 0 aromatic carbocycles.